The molecule has 0 aliphatic heterocycles. The molecule has 0 rings (SSSR count). The molecule has 0 aromatic rings. The third-order valence-electron chi connectivity index (χ3n) is 12.1. The molecule has 0 saturated heterocycles. The van der Waals surface area contributed by atoms with Crippen LogP contribution in [0.3, 0.4) is 0 Å². The Bertz CT molecular complexity index is 981. The molecule has 62 heavy (non-hydrogen) atoms. The zero-order valence-electron chi connectivity index (χ0n) is 42.0. The first-order valence-electron chi connectivity index (χ1n) is 27.0. The highest BCUT2D eigenvalue weighted by Crippen LogP contribution is 2.17. The van der Waals surface area contributed by atoms with Crippen molar-refractivity contribution >= 4 is 17.9 Å². The van der Waals surface area contributed by atoms with Gasteiger partial charge >= 0.3 is 17.9 Å². The van der Waals surface area contributed by atoms with Crippen LogP contribution in [0, 0.1) is 17.8 Å². The highest BCUT2D eigenvalue weighted by molar-refractivity contribution is 5.70. The van der Waals surface area contributed by atoms with Gasteiger partial charge in [-0.3, -0.25) is 14.4 Å². The summed E-state index contributed by atoms with van der Waals surface area (Å²) >= 11 is 0. The van der Waals surface area contributed by atoms with Crippen molar-refractivity contribution in [3.05, 3.63) is 24.3 Å². The van der Waals surface area contributed by atoms with Gasteiger partial charge in [0, 0.05) is 19.3 Å². The number of carbonyl (C=O) groups is 3. The Balaban J connectivity index is 4.36. The Hall–Kier alpha value is -2.11. The van der Waals surface area contributed by atoms with E-state index in [9.17, 15) is 14.4 Å². The second kappa shape index (κ2) is 48.3. The van der Waals surface area contributed by atoms with Gasteiger partial charge in [0.1, 0.15) is 19.8 Å². The first-order valence-corrected chi connectivity index (χ1v) is 27.0. The van der Waals surface area contributed by atoms with E-state index >= 15 is 0 Å². The van der Waals surface area contributed by atoms with Crippen molar-refractivity contribution in [1.29, 1.82) is 0 Å². The van der Waals surface area contributed by atoms with E-state index in [2.05, 4.69) is 58.9 Å². The molecule has 0 atom stereocenters. The first-order chi connectivity index (χ1) is 30.2. The Kier molecular flexibility index (Phi) is 46.7. The quantitative estimate of drug-likeness (QED) is 0.0262. The Morgan fingerprint density at radius 1 is 0.355 bits per heavy atom. The summed E-state index contributed by atoms with van der Waals surface area (Å²) in [6.07, 6.45) is 52.9. The molecule has 0 aliphatic carbocycles. The molecule has 0 aromatic heterocycles. The van der Waals surface area contributed by atoms with Crippen LogP contribution in [-0.2, 0) is 28.6 Å². The molecule has 0 unspecified atom stereocenters. The molecule has 6 heteroatoms. The molecule has 0 radical (unpaired) electrons. The van der Waals surface area contributed by atoms with Gasteiger partial charge in [-0.05, 0) is 63.2 Å². The summed E-state index contributed by atoms with van der Waals surface area (Å²) in [6.45, 7) is 11.8. The highest BCUT2D eigenvalue weighted by atomic mass is 16.6. The highest BCUT2D eigenvalue weighted by Gasteiger charge is 2.18. The number of ether oxygens (including phenoxy) is 3. The molecular weight excluding hydrogens is 769 g/mol. The predicted molar refractivity (Wildman–Crippen MR) is 265 cm³/mol. The molecule has 0 fully saturated rings. The van der Waals surface area contributed by atoms with Crippen LogP contribution in [0.15, 0.2) is 24.3 Å². The van der Waals surface area contributed by atoms with Crippen LogP contribution in [0.4, 0.5) is 0 Å². The molecule has 6 nitrogen and oxygen atoms in total. The number of rotatable bonds is 48. The van der Waals surface area contributed by atoms with Gasteiger partial charge in [-0.1, -0.05) is 232 Å². The molecule has 364 valence electrons. The van der Waals surface area contributed by atoms with Gasteiger partial charge in [0.15, 0.2) is 0 Å². The predicted octanol–water partition coefficient (Wildman–Crippen LogP) is 17.5. The standard InChI is InChI=1S/C56H104O6/c1-6-7-8-9-10-11-12-13-14-15-20-25-30-35-40-45-54(57)60-48-53(49-61-55(58)46-41-36-31-26-21-16-18-23-28-33-38-43-51(2)3)50-62-56(59)47-42-37-32-27-22-17-19-24-29-34-39-44-52(4)5/h10-11,13-14,51-53H,6-9,12,15-50H2,1-5H3/b11-10-,14-13-. The largest absolute Gasteiger partial charge is 0.465 e. The average Bonchev–Trinajstić information content (AvgIpc) is 3.24. The van der Waals surface area contributed by atoms with Crippen molar-refractivity contribution in [2.45, 2.75) is 279 Å². The maximum absolute atomic E-state index is 12.6. The van der Waals surface area contributed by atoms with Crippen molar-refractivity contribution < 1.29 is 28.6 Å². The van der Waals surface area contributed by atoms with E-state index in [1.807, 2.05) is 0 Å². The summed E-state index contributed by atoms with van der Waals surface area (Å²) < 4.78 is 16.9. The monoisotopic (exact) mass is 873 g/mol. The van der Waals surface area contributed by atoms with Crippen LogP contribution < -0.4 is 0 Å². The van der Waals surface area contributed by atoms with Crippen molar-refractivity contribution in [2.24, 2.45) is 17.8 Å². The van der Waals surface area contributed by atoms with Crippen LogP contribution in [0.5, 0.6) is 0 Å². The van der Waals surface area contributed by atoms with E-state index < -0.39 is 0 Å². The fourth-order valence-electron chi connectivity index (χ4n) is 7.90. The number of hydrogen-bond acceptors (Lipinski definition) is 6. The van der Waals surface area contributed by atoms with Crippen molar-refractivity contribution in [3.8, 4) is 0 Å². The Morgan fingerprint density at radius 2 is 0.629 bits per heavy atom. The third kappa shape index (κ3) is 48.9. The lowest BCUT2D eigenvalue weighted by Crippen LogP contribution is -2.26. The summed E-state index contributed by atoms with van der Waals surface area (Å²) in [4.78, 5) is 37.9. The first kappa shape index (κ1) is 59.9. The van der Waals surface area contributed by atoms with E-state index in [-0.39, 0.29) is 43.6 Å². The third-order valence-corrected chi connectivity index (χ3v) is 12.1. The second-order valence-corrected chi connectivity index (χ2v) is 19.5. The minimum absolute atomic E-state index is 0.0928. The van der Waals surface area contributed by atoms with Crippen molar-refractivity contribution in [1.82, 2.24) is 0 Å². The zero-order valence-corrected chi connectivity index (χ0v) is 42.0. The topological polar surface area (TPSA) is 78.9 Å². The van der Waals surface area contributed by atoms with Gasteiger partial charge in [0.2, 0.25) is 0 Å². The van der Waals surface area contributed by atoms with Crippen LogP contribution >= 0.6 is 0 Å². The second-order valence-electron chi connectivity index (χ2n) is 19.5. The summed E-state index contributed by atoms with van der Waals surface area (Å²) in [7, 11) is 0. The van der Waals surface area contributed by atoms with Gasteiger partial charge < -0.3 is 14.2 Å². The van der Waals surface area contributed by atoms with Gasteiger partial charge in [0.25, 0.3) is 0 Å². The molecular formula is C56H104O6. The smallest absolute Gasteiger partial charge is 0.305 e. The lowest BCUT2D eigenvalue weighted by Gasteiger charge is -2.17. The summed E-state index contributed by atoms with van der Waals surface area (Å²) in [6, 6.07) is 0. The van der Waals surface area contributed by atoms with Crippen molar-refractivity contribution in [3.63, 3.8) is 0 Å². The zero-order chi connectivity index (χ0) is 45.4. The van der Waals surface area contributed by atoms with Gasteiger partial charge in [0.05, 0.1) is 5.92 Å². The minimum Gasteiger partial charge on any atom is -0.465 e. The fraction of sp³-hybridized carbons (Fsp3) is 0.875. The van der Waals surface area contributed by atoms with E-state index in [0.717, 1.165) is 82.5 Å². The normalized spacial score (nSPS) is 11.9. The van der Waals surface area contributed by atoms with Crippen molar-refractivity contribution in [2.75, 3.05) is 19.8 Å². The summed E-state index contributed by atoms with van der Waals surface area (Å²) in [5, 5.41) is 0. The maximum Gasteiger partial charge on any atom is 0.305 e. The fourth-order valence-corrected chi connectivity index (χ4v) is 7.90. The van der Waals surface area contributed by atoms with E-state index in [4.69, 9.17) is 14.2 Å². The Labute approximate surface area is 385 Å². The average molecular weight is 873 g/mol. The van der Waals surface area contributed by atoms with Crippen LogP contribution in [0.25, 0.3) is 0 Å². The van der Waals surface area contributed by atoms with Gasteiger partial charge in [-0.25, -0.2) is 0 Å². The molecule has 0 aliphatic rings. The van der Waals surface area contributed by atoms with Crippen LogP contribution in [0.2, 0.25) is 0 Å². The van der Waals surface area contributed by atoms with E-state index in [1.165, 1.54) is 154 Å². The number of hydrogen-bond donors (Lipinski definition) is 0. The molecule has 0 aromatic carbocycles. The van der Waals surface area contributed by atoms with Crippen LogP contribution in [0.1, 0.15) is 279 Å². The number of allylic oxidation sites excluding steroid dienone is 4. The summed E-state index contributed by atoms with van der Waals surface area (Å²) in [5.41, 5.74) is 0. The number of unbranched alkanes of at least 4 members (excludes halogenated alkanes) is 28. The number of esters is 3. The SMILES string of the molecule is CCCCC/C=C\C/C=C\CCCCCCCC(=O)OCC(COC(=O)CCCCCCCCCCCCCC(C)C)COC(=O)CCCCCCCCCCCCCC(C)C. The minimum atomic E-state index is -0.359. The molecule has 0 saturated carbocycles. The molecule has 0 spiro atoms. The maximum atomic E-state index is 12.6. The molecule has 0 N–H and O–H groups in total. The number of carbonyl (C=O) groups excluding carboxylic acids is 3. The van der Waals surface area contributed by atoms with E-state index in [0.29, 0.717) is 19.3 Å². The Morgan fingerprint density at radius 3 is 0.935 bits per heavy atom. The summed E-state index contributed by atoms with van der Waals surface area (Å²) in [5.74, 6) is 0.605. The van der Waals surface area contributed by atoms with Gasteiger partial charge in [-0.15, -0.1) is 0 Å². The lowest BCUT2D eigenvalue weighted by atomic mass is 10.0. The van der Waals surface area contributed by atoms with E-state index in [1.54, 1.807) is 0 Å². The van der Waals surface area contributed by atoms with Gasteiger partial charge in [-0.2, -0.15) is 0 Å². The molecule has 0 heterocycles. The molecule has 0 amide bonds. The molecule has 0 bridgehead atoms. The lowest BCUT2D eigenvalue weighted by molar-refractivity contribution is -0.153. The van der Waals surface area contributed by atoms with Crippen LogP contribution in [-0.4, -0.2) is 37.7 Å².